The number of rotatable bonds is 16. The van der Waals surface area contributed by atoms with Crippen LogP contribution in [-0.4, -0.2) is 48.7 Å². The van der Waals surface area contributed by atoms with Gasteiger partial charge in [-0.3, -0.25) is 14.4 Å². The summed E-state index contributed by atoms with van der Waals surface area (Å²) in [5.41, 5.74) is 1.06. The standard InChI is InChI=1S/C25H36N2O5/c1-4-6-13-22(16-20-11-8-7-9-12-20)25(31)32-15-14-26-24(30)21(10-5-2)17-23(29)27-19(3)18-28/h4-5,7-9,11-12,19,21-22,28H,1-2,6,10,13-18H2,3H3,(H,26,30)(H,27,29)/t19-,21+,22-/m1/s1. The minimum Gasteiger partial charge on any atom is -0.464 e. The van der Waals surface area contributed by atoms with E-state index in [1.165, 1.54) is 0 Å². The molecule has 7 heteroatoms. The molecule has 3 N–H and O–H groups in total. The van der Waals surface area contributed by atoms with Crippen molar-refractivity contribution in [3.05, 3.63) is 61.2 Å². The summed E-state index contributed by atoms with van der Waals surface area (Å²) in [6.45, 7) is 9.07. The van der Waals surface area contributed by atoms with E-state index in [1.54, 1.807) is 19.1 Å². The molecule has 3 atom stereocenters. The van der Waals surface area contributed by atoms with Gasteiger partial charge in [0.1, 0.15) is 6.61 Å². The van der Waals surface area contributed by atoms with Crippen molar-refractivity contribution in [2.75, 3.05) is 19.8 Å². The van der Waals surface area contributed by atoms with Gasteiger partial charge >= 0.3 is 5.97 Å². The lowest BCUT2D eigenvalue weighted by Gasteiger charge is -2.18. The molecule has 0 unspecified atom stereocenters. The van der Waals surface area contributed by atoms with E-state index in [0.717, 1.165) is 5.56 Å². The van der Waals surface area contributed by atoms with Crippen molar-refractivity contribution < 1.29 is 24.2 Å². The van der Waals surface area contributed by atoms with Crippen LogP contribution in [0.5, 0.6) is 0 Å². The molecule has 0 aliphatic heterocycles. The number of carbonyl (C=O) groups excluding carboxylic acids is 3. The van der Waals surface area contributed by atoms with Crippen LogP contribution in [0.4, 0.5) is 0 Å². The minimum absolute atomic E-state index is 0.0112. The highest BCUT2D eigenvalue weighted by molar-refractivity contribution is 5.86. The highest BCUT2D eigenvalue weighted by Gasteiger charge is 2.22. The van der Waals surface area contributed by atoms with Crippen molar-refractivity contribution >= 4 is 17.8 Å². The zero-order chi connectivity index (χ0) is 23.8. The van der Waals surface area contributed by atoms with Gasteiger partial charge in [0.05, 0.1) is 25.0 Å². The number of nitrogens with one attached hydrogen (secondary N) is 2. The lowest BCUT2D eigenvalue weighted by atomic mass is 9.95. The zero-order valence-corrected chi connectivity index (χ0v) is 18.9. The average Bonchev–Trinajstić information content (AvgIpc) is 2.79. The van der Waals surface area contributed by atoms with Crippen LogP contribution in [0.2, 0.25) is 0 Å². The smallest absolute Gasteiger partial charge is 0.309 e. The number of hydrogen-bond donors (Lipinski definition) is 3. The Kier molecular flexibility index (Phi) is 13.4. The van der Waals surface area contributed by atoms with Gasteiger partial charge in [-0.2, -0.15) is 0 Å². The maximum Gasteiger partial charge on any atom is 0.309 e. The molecule has 0 aromatic heterocycles. The third-order valence-corrected chi connectivity index (χ3v) is 4.96. The highest BCUT2D eigenvalue weighted by Crippen LogP contribution is 2.16. The van der Waals surface area contributed by atoms with E-state index in [-0.39, 0.29) is 55.9 Å². The molecule has 0 heterocycles. The third kappa shape index (κ3) is 10.9. The number of amides is 2. The van der Waals surface area contributed by atoms with Gasteiger partial charge in [0.25, 0.3) is 0 Å². The minimum atomic E-state index is -0.576. The van der Waals surface area contributed by atoms with E-state index in [4.69, 9.17) is 9.84 Å². The first-order valence-electron chi connectivity index (χ1n) is 11.0. The van der Waals surface area contributed by atoms with E-state index in [1.807, 2.05) is 30.3 Å². The summed E-state index contributed by atoms with van der Waals surface area (Å²) in [6, 6.07) is 9.38. The Balaban J connectivity index is 2.50. The molecule has 0 saturated heterocycles. The molecule has 2 amide bonds. The fourth-order valence-corrected chi connectivity index (χ4v) is 3.20. The number of ether oxygens (including phenoxy) is 1. The molecule has 1 aromatic carbocycles. The van der Waals surface area contributed by atoms with Crippen LogP contribution >= 0.6 is 0 Å². The molecule has 0 spiro atoms. The number of allylic oxidation sites excluding steroid dienone is 2. The Morgan fingerprint density at radius 1 is 1.12 bits per heavy atom. The first-order chi connectivity index (χ1) is 15.4. The molecule has 0 aliphatic rings. The van der Waals surface area contributed by atoms with E-state index in [0.29, 0.717) is 25.7 Å². The quantitative estimate of drug-likeness (QED) is 0.206. The largest absolute Gasteiger partial charge is 0.464 e. The topological polar surface area (TPSA) is 105 Å². The van der Waals surface area contributed by atoms with E-state index in [2.05, 4.69) is 23.8 Å². The van der Waals surface area contributed by atoms with Crippen molar-refractivity contribution in [3.63, 3.8) is 0 Å². The van der Waals surface area contributed by atoms with E-state index < -0.39 is 5.92 Å². The molecule has 0 saturated carbocycles. The maximum atomic E-state index is 12.6. The second-order valence-corrected chi connectivity index (χ2v) is 7.79. The Morgan fingerprint density at radius 3 is 2.47 bits per heavy atom. The maximum absolute atomic E-state index is 12.6. The van der Waals surface area contributed by atoms with E-state index >= 15 is 0 Å². The van der Waals surface area contributed by atoms with Crippen molar-refractivity contribution in [2.45, 2.75) is 45.1 Å². The van der Waals surface area contributed by atoms with Crippen LogP contribution < -0.4 is 10.6 Å². The van der Waals surface area contributed by atoms with Gasteiger partial charge in [0.2, 0.25) is 11.8 Å². The normalized spacial score (nSPS) is 13.3. The van der Waals surface area contributed by atoms with Crippen molar-refractivity contribution in [3.8, 4) is 0 Å². The second-order valence-electron chi connectivity index (χ2n) is 7.79. The van der Waals surface area contributed by atoms with Crippen LogP contribution in [0.3, 0.4) is 0 Å². The van der Waals surface area contributed by atoms with Crippen LogP contribution in [0, 0.1) is 11.8 Å². The van der Waals surface area contributed by atoms with Gasteiger partial charge in [-0.25, -0.2) is 0 Å². The fraction of sp³-hybridized carbons (Fsp3) is 0.480. The highest BCUT2D eigenvalue weighted by atomic mass is 16.5. The molecule has 1 rings (SSSR count). The lowest BCUT2D eigenvalue weighted by Crippen LogP contribution is -2.39. The summed E-state index contributed by atoms with van der Waals surface area (Å²) in [5.74, 6) is -1.78. The number of esters is 1. The monoisotopic (exact) mass is 444 g/mol. The molecular formula is C25H36N2O5. The van der Waals surface area contributed by atoms with Gasteiger partial charge in [-0.15, -0.1) is 13.2 Å². The predicted molar refractivity (Wildman–Crippen MR) is 125 cm³/mol. The first kappa shape index (κ1) is 27.1. The summed E-state index contributed by atoms with van der Waals surface area (Å²) in [7, 11) is 0. The Hall–Kier alpha value is -2.93. The van der Waals surface area contributed by atoms with Gasteiger partial charge < -0.3 is 20.5 Å². The number of carbonyl (C=O) groups is 3. The molecule has 1 aromatic rings. The van der Waals surface area contributed by atoms with Gasteiger partial charge in [0.15, 0.2) is 0 Å². The van der Waals surface area contributed by atoms with Crippen LogP contribution in [-0.2, 0) is 25.5 Å². The summed E-state index contributed by atoms with van der Waals surface area (Å²) in [4.78, 5) is 37.0. The molecule has 0 radical (unpaired) electrons. The lowest BCUT2D eigenvalue weighted by molar-refractivity contribution is -0.149. The number of hydrogen-bond acceptors (Lipinski definition) is 5. The Labute approximate surface area is 190 Å². The van der Waals surface area contributed by atoms with Crippen molar-refractivity contribution in [1.82, 2.24) is 10.6 Å². The Morgan fingerprint density at radius 2 is 1.84 bits per heavy atom. The zero-order valence-electron chi connectivity index (χ0n) is 18.9. The predicted octanol–water partition coefficient (Wildman–Crippen LogP) is 2.55. The fourth-order valence-electron chi connectivity index (χ4n) is 3.20. The molecule has 32 heavy (non-hydrogen) atoms. The van der Waals surface area contributed by atoms with Gasteiger partial charge in [-0.05, 0) is 38.2 Å². The van der Waals surface area contributed by atoms with Crippen LogP contribution in [0.25, 0.3) is 0 Å². The molecular weight excluding hydrogens is 408 g/mol. The third-order valence-electron chi connectivity index (χ3n) is 4.96. The Bertz CT molecular complexity index is 735. The number of benzene rings is 1. The average molecular weight is 445 g/mol. The summed E-state index contributed by atoms with van der Waals surface area (Å²) in [5, 5.41) is 14.4. The van der Waals surface area contributed by atoms with Gasteiger partial charge in [0, 0.05) is 12.5 Å². The van der Waals surface area contributed by atoms with Gasteiger partial charge in [-0.1, -0.05) is 42.5 Å². The number of aliphatic hydroxyl groups is 1. The summed E-state index contributed by atoms with van der Waals surface area (Å²) < 4.78 is 5.40. The van der Waals surface area contributed by atoms with Crippen LogP contribution in [0.15, 0.2) is 55.6 Å². The number of aliphatic hydroxyl groups excluding tert-OH is 1. The SMILES string of the molecule is C=CCC[C@H](Cc1ccccc1)C(=O)OCCNC(=O)[C@@H](CC=C)CC(=O)N[C@H](C)CO. The van der Waals surface area contributed by atoms with Crippen LogP contribution in [0.1, 0.15) is 38.2 Å². The summed E-state index contributed by atoms with van der Waals surface area (Å²) >= 11 is 0. The molecule has 176 valence electrons. The first-order valence-corrected chi connectivity index (χ1v) is 11.0. The second kappa shape index (κ2) is 15.8. The van der Waals surface area contributed by atoms with Crippen molar-refractivity contribution in [2.24, 2.45) is 11.8 Å². The van der Waals surface area contributed by atoms with E-state index in [9.17, 15) is 14.4 Å². The molecule has 0 fully saturated rings. The van der Waals surface area contributed by atoms with Crippen molar-refractivity contribution in [1.29, 1.82) is 0 Å². The molecule has 0 bridgehead atoms. The molecule has 0 aliphatic carbocycles. The molecule has 7 nitrogen and oxygen atoms in total. The summed E-state index contributed by atoms with van der Waals surface area (Å²) in [6.07, 6.45) is 5.64.